The lowest BCUT2D eigenvalue weighted by Crippen LogP contribution is -2.24. The summed E-state index contributed by atoms with van der Waals surface area (Å²) < 4.78 is 24.5. The molecule has 1 aliphatic rings. The summed E-state index contributed by atoms with van der Waals surface area (Å²) in [4.78, 5) is 0.451. The van der Waals surface area contributed by atoms with E-state index in [0.29, 0.717) is 4.90 Å². The van der Waals surface area contributed by atoms with Gasteiger partial charge in [-0.3, -0.25) is 0 Å². The molecule has 1 aromatic rings. The van der Waals surface area contributed by atoms with Crippen LogP contribution in [0.2, 0.25) is 0 Å². The van der Waals surface area contributed by atoms with Crippen molar-refractivity contribution in [3.05, 3.63) is 42.5 Å². The van der Waals surface area contributed by atoms with E-state index < -0.39 is 9.84 Å². The highest BCUT2D eigenvalue weighted by atomic mass is 32.2. The maximum atomic E-state index is 12.3. The highest BCUT2D eigenvalue weighted by Gasteiger charge is 2.29. The lowest BCUT2D eigenvalue weighted by Gasteiger charge is -2.23. The molecule has 1 fully saturated rings. The number of hydrogen-bond donors (Lipinski definition) is 0. The van der Waals surface area contributed by atoms with Crippen molar-refractivity contribution in [3.63, 3.8) is 0 Å². The van der Waals surface area contributed by atoms with Gasteiger partial charge < -0.3 is 0 Å². The van der Waals surface area contributed by atoms with E-state index in [1.54, 1.807) is 24.3 Å². The lowest BCUT2D eigenvalue weighted by atomic mass is 9.96. The molecule has 16 heavy (non-hydrogen) atoms. The molecule has 1 aliphatic carbocycles. The van der Waals surface area contributed by atoms with Crippen molar-refractivity contribution in [1.82, 2.24) is 0 Å². The topological polar surface area (TPSA) is 34.1 Å². The van der Waals surface area contributed by atoms with E-state index in [1.807, 2.05) is 6.07 Å². The summed E-state index contributed by atoms with van der Waals surface area (Å²) in [7, 11) is -3.13. The van der Waals surface area contributed by atoms with Crippen molar-refractivity contribution < 1.29 is 8.42 Å². The van der Waals surface area contributed by atoms with Crippen LogP contribution in [0.25, 0.3) is 0 Å². The van der Waals surface area contributed by atoms with Gasteiger partial charge in [0.1, 0.15) is 0 Å². The summed E-state index contributed by atoms with van der Waals surface area (Å²) in [5.74, 6) is 0. The van der Waals surface area contributed by atoms with Gasteiger partial charge in [-0.1, -0.05) is 30.4 Å². The van der Waals surface area contributed by atoms with Crippen molar-refractivity contribution >= 4 is 9.84 Å². The predicted octanol–water partition coefficient (Wildman–Crippen LogP) is 2.96. The highest BCUT2D eigenvalue weighted by Crippen LogP contribution is 2.30. The first-order chi connectivity index (χ1) is 7.60. The molecule has 0 aromatic heterocycles. The molecule has 0 N–H and O–H groups in total. The maximum Gasteiger partial charge on any atom is 0.181 e. The van der Waals surface area contributed by atoms with Gasteiger partial charge in [0.2, 0.25) is 0 Å². The fourth-order valence-corrected chi connectivity index (χ4v) is 3.89. The molecule has 3 heteroatoms. The molecule has 2 rings (SSSR count). The highest BCUT2D eigenvalue weighted by molar-refractivity contribution is 7.92. The Kier molecular flexibility index (Phi) is 3.15. The monoisotopic (exact) mass is 236 g/mol. The second-order valence-corrected chi connectivity index (χ2v) is 6.54. The molecule has 0 bridgehead atoms. The van der Waals surface area contributed by atoms with Crippen LogP contribution < -0.4 is 0 Å². The Labute approximate surface area is 96.9 Å². The van der Waals surface area contributed by atoms with Crippen LogP contribution in [0.5, 0.6) is 0 Å². The molecule has 0 saturated heterocycles. The van der Waals surface area contributed by atoms with Crippen LogP contribution in [0.15, 0.2) is 47.4 Å². The summed E-state index contributed by atoms with van der Waals surface area (Å²) >= 11 is 0. The van der Waals surface area contributed by atoms with Crippen LogP contribution in [0.4, 0.5) is 0 Å². The summed E-state index contributed by atoms with van der Waals surface area (Å²) in [5, 5.41) is -0.222. The molecule has 0 atom stereocenters. The summed E-state index contributed by atoms with van der Waals surface area (Å²) in [5.41, 5.74) is 1.18. The third kappa shape index (κ3) is 2.19. The van der Waals surface area contributed by atoms with Gasteiger partial charge in [-0.2, -0.15) is 0 Å². The zero-order valence-electron chi connectivity index (χ0n) is 9.22. The minimum atomic E-state index is -3.13. The van der Waals surface area contributed by atoms with E-state index in [9.17, 15) is 8.42 Å². The third-order valence-corrected chi connectivity index (χ3v) is 5.43. The molecule has 0 unspecified atom stereocenters. The molecule has 1 aromatic carbocycles. The van der Waals surface area contributed by atoms with Gasteiger partial charge in [-0.25, -0.2) is 8.42 Å². The van der Waals surface area contributed by atoms with Crippen molar-refractivity contribution in [2.45, 2.75) is 35.8 Å². The van der Waals surface area contributed by atoms with Gasteiger partial charge in [-0.15, -0.1) is 0 Å². The Morgan fingerprint density at radius 1 is 1.06 bits per heavy atom. The number of rotatable bonds is 2. The Balaban J connectivity index is 2.23. The molecule has 0 heterocycles. The van der Waals surface area contributed by atoms with E-state index in [-0.39, 0.29) is 5.25 Å². The lowest BCUT2D eigenvalue weighted by molar-refractivity contribution is 0.538. The largest absolute Gasteiger partial charge is 0.223 e. The third-order valence-electron chi connectivity index (χ3n) is 3.15. The minimum Gasteiger partial charge on any atom is -0.223 e. The van der Waals surface area contributed by atoms with Crippen LogP contribution in [-0.4, -0.2) is 13.7 Å². The van der Waals surface area contributed by atoms with Gasteiger partial charge >= 0.3 is 0 Å². The molecule has 1 saturated carbocycles. The van der Waals surface area contributed by atoms with E-state index in [2.05, 4.69) is 6.58 Å². The van der Waals surface area contributed by atoms with Gasteiger partial charge in [0.25, 0.3) is 0 Å². The standard InChI is InChI=1S/C13H16O2S/c1-11-7-9-13(10-8-11)16(14,15)12-5-3-2-4-6-12/h2-6,13H,1,7-10H2. The Bertz CT molecular complexity index is 464. The fourth-order valence-electron chi connectivity index (χ4n) is 2.11. The zero-order chi connectivity index (χ0) is 11.6. The van der Waals surface area contributed by atoms with E-state index in [4.69, 9.17) is 0 Å². The minimum absolute atomic E-state index is 0.222. The smallest absolute Gasteiger partial charge is 0.181 e. The molecule has 0 spiro atoms. The van der Waals surface area contributed by atoms with Crippen molar-refractivity contribution in [1.29, 1.82) is 0 Å². The second-order valence-electron chi connectivity index (χ2n) is 4.31. The molecule has 2 nitrogen and oxygen atoms in total. The first-order valence-corrected chi connectivity index (χ1v) is 7.11. The van der Waals surface area contributed by atoms with Crippen molar-refractivity contribution in [2.75, 3.05) is 0 Å². The first kappa shape index (κ1) is 11.4. The van der Waals surface area contributed by atoms with Gasteiger partial charge in [-0.05, 0) is 37.8 Å². The van der Waals surface area contributed by atoms with Crippen LogP contribution >= 0.6 is 0 Å². The molecule has 0 amide bonds. The van der Waals surface area contributed by atoms with Crippen LogP contribution in [0.3, 0.4) is 0 Å². The SMILES string of the molecule is C=C1CCC(S(=O)(=O)c2ccccc2)CC1. The summed E-state index contributed by atoms with van der Waals surface area (Å²) in [6.45, 7) is 3.91. The zero-order valence-corrected chi connectivity index (χ0v) is 10.0. The Morgan fingerprint density at radius 2 is 1.62 bits per heavy atom. The molecular weight excluding hydrogens is 220 g/mol. The number of benzene rings is 1. The Hall–Kier alpha value is -1.09. The average Bonchev–Trinajstić information content (AvgIpc) is 2.31. The summed E-state index contributed by atoms with van der Waals surface area (Å²) in [6, 6.07) is 8.74. The van der Waals surface area contributed by atoms with E-state index in [1.165, 1.54) is 5.57 Å². The van der Waals surface area contributed by atoms with Gasteiger partial charge in [0.15, 0.2) is 9.84 Å². The van der Waals surface area contributed by atoms with E-state index in [0.717, 1.165) is 25.7 Å². The summed E-state index contributed by atoms with van der Waals surface area (Å²) in [6.07, 6.45) is 3.12. The maximum absolute atomic E-state index is 12.3. The fraction of sp³-hybridized carbons (Fsp3) is 0.385. The molecular formula is C13H16O2S. The predicted molar refractivity (Wildman–Crippen MR) is 65.0 cm³/mol. The van der Waals surface area contributed by atoms with Crippen LogP contribution in [0.1, 0.15) is 25.7 Å². The van der Waals surface area contributed by atoms with Crippen LogP contribution in [0, 0.1) is 0 Å². The normalized spacial score (nSPS) is 18.6. The van der Waals surface area contributed by atoms with E-state index >= 15 is 0 Å². The molecule has 0 aliphatic heterocycles. The first-order valence-electron chi connectivity index (χ1n) is 5.56. The quantitative estimate of drug-likeness (QED) is 0.740. The van der Waals surface area contributed by atoms with Crippen molar-refractivity contribution in [3.8, 4) is 0 Å². The van der Waals surface area contributed by atoms with Crippen molar-refractivity contribution in [2.24, 2.45) is 0 Å². The van der Waals surface area contributed by atoms with Crippen LogP contribution in [-0.2, 0) is 9.84 Å². The number of hydrogen-bond acceptors (Lipinski definition) is 2. The average molecular weight is 236 g/mol. The van der Waals surface area contributed by atoms with Gasteiger partial charge in [0.05, 0.1) is 10.1 Å². The molecule has 86 valence electrons. The number of sulfone groups is 1. The second kappa shape index (κ2) is 4.42. The van der Waals surface area contributed by atoms with Gasteiger partial charge in [0, 0.05) is 0 Å². The molecule has 0 radical (unpaired) electrons. The number of allylic oxidation sites excluding steroid dienone is 1. The Morgan fingerprint density at radius 3 is 2.19 bits per heavy atom.